The monoisotopic (exact) mass is 500 g/mol. The lowest BCUT2D eigenvalue weighted by Gasteiger charge is -2.50. The maximum absolute atomic E-state index is 13.0. The van der Waals surface area contributed by atoms with Gasteiger partial charge in [0.1, 0.15) is 5.78 Å². The Balaban J connectivity index is 1.42. The van der Waals surface area contributed by atoms with Gasteiger partial charge >= 0.3 is 5.97 Å². The smallest absolute Gasteiger partial charge is 0.303 e. The third kappa shape index (κ3) is 4.68. The van der Waals surface area contributed by atoms with E-state index in [2.05, 4.69) is 27.8 Å². The Hall–Kier alpha value is -2.15. The fraction of sp³-hybridized carbons (Fsp3) is 0.704. The number of carbonyl (C=O) groups is 2. The molecule has 0 aromatic carbocycles. The van der Waals surface area contributed by atoms with Crippen LogP contribution in [0.1, 0.15) is 84.0 Å². The number of unbranched alkanes of at least 4 members (excludes halogenated alkanes) is 2. The van der Waals surface area contributed by atoms with Crippen molar-refractivity contribution in [2.45, 2.75) is 84.0 Å². The number of hydrazone groups is 1. The number of nitrogens with zero attached hydrogens (tertiary/aromatic N) is 2. The summed E-state index contributed by atoms with van der Waals surface area (Å²) in [4.78, 5) is 28.3. The summed E-state index contributed by atoms with van der Waals surface area (Å²) in [5, 5.41) is 17.5. The molecule has 1 aliphatic heterocycles. The van der Waals surface area contributed by atoms with Gasteiger partial charge in [0.25, 0.3) is 0 Å². The van der Waals surface area contributed by atoms with Crippen LogP contribution in [0.4, 0.5) is 0 Å². The number of allylic oxidation sites excluding steroid dienone is 4. The van der Waals surface area contributed by atoms with Gasteiger partial charge < -0.3 is 10.4 Å². The van der Waals surface area contributed by atoms with E-state index in [-0.39, 0.29) is 11.8 Å². The number of nitrogens with one attached hydrogen (secondary N) is 2. The van der Waals surface area contributed by atoms with E-state index < -0.39 is 5.97 Å². The molecule has 0 aromatic rings. The fourth-order valence-electron chi connectivity index (χ4n) is 7.47. The molecule has 5 rings (SSSR count). The Morgan fingerprint density at radius 1 is 1.20 bits per heavy atom. The largest absolute Gasteiger partial charge is 0.481 e. The molecule has 0 radical (unpaired) electrons. The number of fused-ring (bicyclic) bond motifs is 4. The molecule has 4 aliphatic carbocycles. The van der Waals surface area contributed by atoms with Crippen molar-refractivity contribution in [3.05, 3.63) is 21.8 Å². The lowest BCUT2D eigenvalue weighted by Crippen LogP contribution is -2.44. The van der Waals surface area contributed by atoms with Crippen LogP contribution in [0.25, 0.3) is 0 Å². The van der Waals surface area contributed by atoms with Gasteiger partial charge in [-0.2, -0.15) is 5.10 Å². The third-order valence-corrected chi connectivity index (χ3v) is 9.54. The summed E-state index contributed by atoms with van der Waals surface area (Å²) in [6.45, 7) is 3.82. The molecule has 0 saturated heterocycles. The van der Waals surface area contributed by atoms with Crippen LogP contribution in [0.15, 0.2) is 31.8 Å². The molecular weight excluding hydrogens is 464 g/mol. The van der Waals surface area contributed by atoms with E-state index in [1.165, 1.54) is 11.1 Å². The predicted molar refractivity (Wildman–Crippen MR) is 137 cm³/mol. The summed E-state index contributed by atoms with van der Waals surface area (Å²) in [7, 11) is 0. The Bertz CT molecular complexity index is 1030. The van der Waals surface area contributed by atoms with Crippen molar-refractivity contribution >= 4 is 35.0 Å². The van der Waals surface area contributed by atoms with Crippen LogP contribution in [-0.2, 0) is 9.59 Å². The number of carboxylic acids is 1. The predicted octanol–water partition coefficient (Wildman–Crippen LogP) is 4.92. The highest BCUT2D eigenvalue weighted by atomic mass is 35.5. The number of rotatable bonds is 7. The summed E-state index contributed by atoms with van der Waals surface area (Å²) >= 11 is 6.96. The van der Waals surface area contributed by atoms with E-state index >= 15 is 0 Å². The minimum absolute atomic E-state index is 0.203. The van der Waals surface area contributed by atoms with E-state index in [1.54, 1.807) is 5.57 Å². The number of Topliss-reactive ketones (excluding diaryl/α,β-unsaturated/α-hetero) is 1. The molecule has 0 unspecified atom stereocenters. The number of ketones is 1. The number of aliphatic imine (C=N–C) groups is 1. The van der Waals surface area contributed by atoms with Crippen LogP contribution in [0.5, 0.6) is 0 Å². The minimum Gasteiger partial charge on any atom is -0.481 e. The highest BCUT2D eigenvalue weighted by molar-refractivity contribution is 6.44. The van der Waals surface area contributed by atoms with E-state index in [0.29, 0.717) is 29.5 Å². The molecule has 0 amide bonds. The summed E-state index contributed by atoms with van der Waals surface area (Å²) in [5.74, 6) is 1.75. The van der Waals surface area contributed by atoms with Gasteiger partial charge in [-0.15, -0.1) is 0 Å². The molecule has 7 nitrogen and oxygen atoms in total. The van der Waals surface area contributed by atoms with Crippen LogP contribution >= 0.6 is 11.6 Å². The number of carbonyl (C=O) groups excluding carboxylic acids is 1. The Labute approximate surface area is 212 Å². The van der Waals surface area contributed by atoms with Crippen LogP contribution in [0.3, 0.4) is 0 Å². The zero-order valence-corrected chi connectivity index (χ0v) is 21.4. The molecule has 0 aromatic heterocycles. The number of hydrogen-bond acceptors (Lipinski definition) is 6. The summed E-state index contributed by atoms with van der Waals surface area (Å²) in [6.07, 6.45) is 10.4. The number of aliphatic carboxylic acids is 1. The lowest BCUT2D eigenvalue weighted by atomic mass is 9.53. The van der Waals surface area contributed by atoms with Gasteiger partial charge in [-0.3, -0.25) is 9.59 Å². The summed E-state index contributed by atoms with van der Waals surface area (Å²) in [6, 6.07) is 0. The van der Waals surface area contributed by atoms with Crippen LogP contribution < -0.4 is 10.7 Å². The van der Waals surface area contributed by atoms with Gasteiger partial charge in [0.15, 0.2) is 0 Å². The normalized spacial score (nSPS) is 33.3. The van der Waals surface area contributed by atoms with Crippen LogP contribution in [0.2, 0.25) is 0 Å². The van der Waals surface area contributed by atoms with Crippen LogP contribution in [-0.4, -0.2) is 41.6 Å². The molecule has 2 fully saturated rings. The molecule has 2 saturated carbocycles. The first kappa shape index (κ1) is 24.5. The van der Waals surface area contributed by atoms with Crippen molar-refractivity contribution in [1.82, 2.24) is 10.7 Å². The summed E-state index contributed by atoms with van der Waals surface area (Å²) < 4.78 is 0. The number of halogens is 1. The zero-order chi connectivity index (χ0) is 24.6. The first-order valence-corrected chi connectivity index (χ1v) is 13.7. The van der Waals surface area contributed by atoms with Gasteiger partial charge in [0.2, 0.25) is 5.96 Å². The molecule has 190 valence electrons. The van der Waals surface area contributed by atoms with Crippen molar-refractivity contribution in [2.24, 2.45) is 33.3 Å². The molecule has 3 N–H and O–H groups in total. The maximum Gasteiger partial charge on any atom is 0.303 e. The van der Waals surface area contributed by atoms with Gasteiger partial charge in [-0.1, -0.05) is 36.9 Å². The van der Waals surface area contributed by atoms with Gasteiger partial charge in [0.05, 0.1) is 17.3 Å². The molecule has 5 aliphatic rings. The van der Waals surface area contributed by atoms with E-state index in [4.69, 9.17) is 16.7 Å². The highest BCUT2D eigenvalue weighted by Gasteiger charge is 2.56. The fourth-order valence-corrected chi connectivity index (χ4v) is 7.81. The van der Waals surface area contributed by atoms with Crippen molar-refractivity contribution in [1.29, 1.82) is 0 Å². The van der Waals surface area contributed by atoms with Crippen molar-refractivity contribution in [3.8, 4) is 0 Å². The number of guanidine groups is 1. The average molecular weight is 501 g/mol. The lowest BCUT2D eigenvalue weighted by molar-refractivity contribution is -0.137. The second-order valence-electron chi connectivity index (χ2n) is 11.1. The molecule has 35 heavy (non-hydrogen) atoms. The molecule has 0 bridgehead atoms. The standard InChI is InChI=1S/C27H37ClN4O3/c1-27-15-16(5-3-2-4-6-23(34)35)24-17-9-11-21(31-32-26-29-13-14-30-26)25(28)18(17)7-8-19(24)20(27)10-12-22(27)33/h16,19-20H,2-15H2,1H3,(H,34,35)(H2,29,30,32)/b31-21+/t16-,19-,20-,27-/m0/s1. The number of carboxylic acid groups (broad SMARTS) is 1. The van der Waals surface area contributed by atoms with Gasteiger partial charge in [0, 0.05) is 24.8 Å². The van der Waals surface area contributed by atoms with E-state index in [1.807, 2.05) is 0 Å². The summed E-state index contributed by atoms with van der Waals surface area (Å²) in [5.41, 5.74) is 8.03. The highest BCUT2D eigenvalue weighted by Crippen LogP contribution is 2.61. The first-order valence-electron chi connectivity index (χ1n) is 13.4. The Morgan fingerprint density at radius 3 is 2.83 bits per heavy atom. The van der Waals surface area contributed by atoms with Gasteiger partial charge in [-0.25, -0.2) is 10.4 Å². The second kappa shape index (κ2) is 10.1. The molecule has 8 heteroatoms. The Kier molecular flexibility index (Phi) is 7.06. The molecule has 1 heterocycles. The zero-order valence-electron chi connectivity index (χ0n) is 20.7. The van der Waals surface area contributed by atoms with E-state index in [0.717, 1.165) is 94.5 Å². The van der Waals surface area contributed by atoms with Crippen molar-refractivity contribution < 1.29 is 14.7 Å². The Morgan fingerprint density at radius 2 is 2.06 bits per heavy atom. The molecule has 4 atom stereocenters. The maximum atomic E-state index is 13.0. The first-order chi connectivity index (χ1) is 16.9. The molecular formula is C27H37ClN4O3. The average Bonchev–Trinajstić information content (AvgIpc) is 3.45. The topological polar surface area (TPSA) is 103 Å². The van der Waals surface area contributed by atoms with Crippen molar-refractivity contribution in [2.75, 3.05) is 13.1 Å². The van der Waals surface area contributed by atoms with Crippen molar-refractivity contribution in [3.63, 3.8) is 0 Å². The third-order valence-electron chi connectivity index (χ3n) is 9.10. The quantitative estimate of drug-likeness (QED) is 0.340. The second-order valence-corrected chi connectivity index (χ2v) is 11.5. The SMILES string of the molecule is C[C@]12C[C@H](CCCCCC(=O)O)C3=C4CC/C(=N\NC5=NCCN5)C(Cl)=C4CC[C@H]3[C@@H]1CCC2=O. The molecule has 0 spiro atoms. The van der Waals surface area contributed by atoms with Crippen LogP contribution in [0, 0.1) is 23.2 Å². The van der Waals surface area contributed by atoms with E-state index in [9.17, 15) is 9.59 Å². The minimum atomic E-state index is -0.721. The number of hydrogen-bond donors (Lipinski definition) is 3. The van der Waals surface area contributed by atoms with Gasteiger partial charge in [-0.05, 0) is 80.3 Å².